The minimum Gasteiger partial charge on any atom is -0.464 e. The van der Waals surface area contributed by atoms with Gasteiger partial charge in [-0.25, -0.2) is 4.79 Å². The van der Waals surface area contributed by atoms with Gasteiger partial charge >= 0.3 is 5.97 Å². The van der Waals surface area contributed by atoms with Crippen molar-refractivity contribution in [3.05, 3.63) is 35.4 Å². The number of ether oxygens (including phenoxy) is 1. The van der Waals surface area contributed by atoms with Crippen molar-refractivity contribution in [1.82, 2.24) is 5.32 Å². The number of nitrogens with one attached hydrogen (secondary N) is 1. The molecule has 1 amide bonds. The molecular formula is C11H11NO3. The molecule has 0 fully saturated rings. The molecule has 4 nitrogen and oxygen atoms in total. The van der Waals surface area contributed by atoms with Gasteiger partial charge in [0.15, 0.2) is 6.04 Å². The van der Waals surface area contributed by atoms with Crippen LogP contribution in [0.2, 0.25) is 0 Å². The van der Waals surface area contributed by atoms with Crippen LogP contribution in [0, 0.1) is 0 Å². The van der Waals surface area contributed by atoms with Crippen LogP contribution in [0.1, 0.15) is 28.9 Å². The topological polar surface area (TPSA) is 55.4 Å². The van der Waals surface area contributed by atoms with E-state index in [-0.39, 0.29) is 5.91 Å². The lowest BCUT2D eigenvalue weighted by Gasteiger charge is -2.09. The highest BCUT2D eigenvalue weighted by molar-refractivity contribution is 6.03. The highest BCUT2D eigenvalue weighted by Crippen LogP contribution is 2.25. The first kappa shape index (κ1) is 9.71. The van der Waals surface area contributed by atoms with E-state index in [0.717, 1.165) is 0 Å². The van der Waals surface area contributed by atoms with Crippen LogP contribution >= 0.6 is 0 Å². The Labute approximate surface area is 87.2 Å². The highest BCUT2D eigenvalue weighted by atomic mass is 16.5. The molecule has 0 aromatic heterocycles. The van der Waals surface area contributed by atoms with Crippen molar-refractivity contribution in [3.8, 4) is 0 Å². The van der Waals surface area contributed by atoms with Gasteiger partial charge in [0.1, 0.15) is 0 Å². The molecule has 0 spiro atoms. The minimum absolute atomic E-state index is 0.219. The summed E-state index contributed by atoms with van der Waals surface area (Å²) in [7, 11) is 0. The van der Waals surface area contributed by atoms with Gasteiger partial charge in [0.05, 0.1) is 6.61 Å². The molecule has 1 heterocycles. The molecule has 1 N–H and O–H groups in total. The van der Waals surface area contributed by atoms with E-state index >= 15 is 0 Å². The lowest BCUT2D eigenvalue weighted by atomic mass is 10.1. The fourth-order valence-corrected chi connectivity index (χ4v) is 1.65. The first-order valence-corrected chi connectivity index (χ1v) is 4.80. The standard InChI is InChI=1S/C11H11NO3/c1-2-15-11(14)9-7-5-3-4-6-8(7)10(13)12-9/h3-6,9H,2H2,1H3,(H,12,13)/t9-/m1/s1. The molecule has 1 aliphatic heterocycles. The van der Waals surface area contributed by atoms with Crippen molar-refractivity contribution in [2.45, 2.75) is 13.0 Å². The molecule has 0 saturated heterocycles. The van der Waals surface area contributed by atoms with E-state index in [0.29, 0.717) is 17.7 Å². The van der Waals surface area contributed by atoms with E-state index in [4.69, 9.17) is 4.74 Å². The summed E-state index contributed by atoms with van der Waals surface area (Å²) < 4.78 is 4.88. The third-order valence-corrected chi connectivity index (χ3v) is 2.31. The quantitative estimate of drug-likeness (QED) is 0.734. The number of hydrogen-bond acceptors (Lipinski definition) is 3. The predicted molar refractivity (Wildman–Crippen MR) is 53.3 cm³/mol. The van der Waals surface area contributed by atoms with Crippen LogP contribution in [-0.2, 0) is 9.53 Å². The SMILES string of the molecule is CCOC(=O)[C@@H]1NC(=O)c2ccccc21. The molecule has 0 aliphatic carbocycles. The molecule has 1 aliphatic rings. The van der Waals surface area contributed by atoms with Crippen LogP contribution in [0.15, 0.2) is 24.3 Å². The Balaban J connectivity index is 2.32. The molecule has 1 atom stereocenters. The number of hydrogen-bond donors (Lipinski definition) is 1. The maximum Gasteiger partial charge on any atom is 0.333 e. The van der Waals surface area contributed by atoms with Gasteiger partial charge in [0.25, 0.3) is 5.91 Å². The summed E-state index contributed by atoms with van der Waals surface area (Å²) in [5.74, 6) is -0.626. The van der Waals surface area contributed by atoms with Gasteiger partial charge in [-0.15, -0.1) is 0 Å². The summed E-state index contributed by atoms with van der Waals surface area (Å²) in [6, 6.07) is 6.38. The minimum atomic E-state index is -0.645. The monoisotopic (exact) mass is 205 g/mol. The van der Waals surface area contributed by atoms with E-state index in [2.05, 4.69) is 5.32 Å². The molecule has 1 aromatic rings. The number of rotatable bonds is 2. The highest BCUT2D eigenvalue weighted by Gasteiger charge is 2.33. The van der Waals surface area contributed by atoms with Crippen molar-refractivity contribution in [1.29, 1.82) is 0 Å². The fraction of sp³-hybridized carbons (Fsp3) is 0.273. The largest absolute Gasteiger partial charge is 0.464 e. The van der Waals surface area contributed by atoms with Gasteiger partial charge in [-0.2, -0.15) is 0 Å². The summed E-state index contributed by atoms with van der Waals surface area (Å²) in [6.07, 6.45) is 0. The third kappa shape index (κ3) is 1.58. The molecule has 0 radical (unpaired) electrons. The number of carbonyl (C=O) groups excluding carboxylic acids is 2. The normalized spacial score (nSPS) is 18.2. The number of benzene rings is 1. The predicted octanol–water partition coefficient (Wildman–Crippen LogP) is 1.03. The van der Waals surface area contributed by atoms with Gasteiger partial charge in [-0.3, -0.25) is 4.79 Å². The molecule has 0 saturated carbocycles. The van der Waals surface area contributed by atoms with Gasteiger partial charge < -0.3 is 10.1 Å². The van der Waals surface area contributed by atoms with Crippen LogP contribution in [-0.4, -0.2) is 18.5 Å². The Morgan fingerprint density at radius 3 is 2.93 bits per heavy atom. The molecule has 0 bridgehead atoms. The number of fused-ring (bicyclic) bond motifs is 1. The van der Waals surface area contributed by atoms with Crippen molar-refractivity contribution in [2.24, 2.45) is 0 Å². The summed E-state index contributed by atoms with van der Waals surface area (Å²) >= 11 is 0. The maximum atomic E-state index is 11.5. The van der Waals surface area contributed by atoms with E-state index in [9.17, 15) is 9.59 Å². The summed E-state index contributed by atoms with van der Waals surface area (Å²) in [5, 5.41) is 2.59. The van der Waals surface area contributed by atoms with Crippen molar-refractivity contribution in [3.63, 3.8) is 0 Å². The zero-order chi connectivity index (χ0) is 10.8. The van der Waals surface area contributed by atoms with Crippen LogP contribution < -0.4 is 5.32 Å². The number of carbonyl (C=O) groups is 2. The maximum absolute atomic E-state index is 11.5. The van der Waals surface area contributed by atoms with E-state index in [1.165, 1.54) is 0 Å². The average Bonchev–Trinajstić information content (AvgIpc) is 2.58. The Bertz CT molecular complexity index is 414. The van der Waals surface area contributed by atoms with Crippen LogP contribution in [0.5, 0.6) is 0 Å². The van der Waals surface area contributed by atoms with Gasteiger partial charge in [0.2, 0.25) is 0 Å². The summed E-state index contributed by atoms with van der Waals surface area (Å²) in [6.45, 7) is 2.05. The van der Waals surface area contributed by atoms with Crippen LogP contribution in [0.3, 0.4) is 0 Å². The average molecular weight is 205 g/mol. The fourth-order valence-electron chi connectivity index (χ4n) is 1.65. The first-order valence-electron chi connectivity index (χ1n) is 4.80. The van der Waals surface area contributed by atoms with E-state index in [1.54, 1.807) is 31.2 Å². The van der Waals surface area contributed by atoms with Crippen LogP contribution in [0.4, 0.5) is 0 Å². The molecule has 0 unspecified atom stereocenters. The number of esters is 1. The zero-order valence-corrected chi connectivity index (χ0v) is 8.32. The van der Waals surface area contributed by atoms with Crippen molar-refractivity contribution in [2.75, 3.05) is 6.61 Å². The lowest BCUT2D eigenvalue weighted by Crippen LogP contribution is -2.27. The molecule has 1 aromatic carbocycles. The Morgan fingerprint density at radius 1 is 1.47 bits per heavy atom. The molecule has 2 rings (SSSR count). The molecular weight excluding hydrogens is 194 g/mol. The zero-order valence-electron chi connectivity index (χ0n) is 8.32. The van der Waals surface area contributed by atoms with Crippen molar-refractivity contribution >= 4 is 11.9 Å². The second-order valence-corrected chi connectivity index (χ2v) is 3.25. The molecule has 4 heteroatoms. The number of amides is 1. The van der Waals surface area contributed by atoms with Gasteiger partial charge in [0, 0.05) is 5.56 Å². The Morgan fingerprint density at radius 2 is 2.20 bits per heavy atom. The Hall–Kier alpha value is -1.84. The summed E-state index contributed by atoms with van der Waals surface area (Å²) in [4.78, 5) is 23.0. The second kappa shape index (κ2) is 3.73. The van der Waals surface area contributed by atoms with E-state index < -0.39 is 12.0 Å². The summed E-state index contributed by atoms with van der Waals surface area (Å²) in [5.41, 5.74) is 1.25. The molecule has 15 heavy (non-hydrogen) atoms. The lowest BCUT2D eigenvalue weighted by molar-refractivity contribution is -0.145. The first-order chi connectivity index (χ1) is 7.24. The third-order valence-electron chi connectivity index (χ3n) is 2.31. The van der Waals surface area contributed by atoms with Gasteiger partial charge in [-0.05, 0) is 18.6 Å². The van der Waals surface area contributed by atoms with Crippen LogP contribution in [0.25, 0.3) is 0 Å². The second-order valence-electron chi connectivity index (χ2n) is 3.25. The smallest absolute Gasteiger partial charge is 0.333 e. The van der Waals surface area contributed by atoms with Crippen molar-refractivity contribution < 1.29 is 14.3 Å². The molecule has 78 valence electrons. The van der Waals surface area contributed by atoms with Gasteiger partial charge in [-0.1, -0.05) is 18.2 Å². The van der Waals surface area contributed by atoms with E-state index in [1.807, 2.05) is 0 Å². The Kier molecular flexibility index (Phi) is 2.41.